The molecule has 0 unspecified atom stereocenters. The van der Waals surface area contributed by atoms with Crippen LogP contribution >= 0.6 is 0 Å². The van der Waals surface area contributed by atoms with Crippen LogP contribution in [0.1, 0.15) is 11.1 Å². The molecule has 0 saturated carbocycles. The van der Waals surface area contributed by atoms with Gasteiger partial charge in [0.15, 0.2) is 0 Å². The Labute approximate surface area is 147 Å². The Morgan fingerprint density at radius 3 is 2.32 bits per heavy atom. The lowest BCUT2D eigenvalue weighted by Crippen LogP contribution is -2.38. The summed E-state index contributed by atoms with van der Waals surface area (Å²) in [6.07, 6.45) is 4.46. The van der Waals surface area contributed by atoms with Gasteiger partial charge in [0, 0.05) is 31.2 Å². The maximum absolute atomic E-state index is 12.5. The maximum atomic E-state index is 12.5. The molecular weight excluding hydrogens is 310 g/mol. The van der Waals surface area contributed by atoms with Gasteiger partial charge in [-0.05, 0) is 52.9 Å². The van der Waals surface area contributed by atoms with Crippen LogP contribution in [0.25, 0.3) is 11.1 Å². The van der Waals surface area contributed by atoms with Crippen molar-refractivity contribution < 1.29 is 4.79 Å². The van der Waals surface area contributed by atoms with E-state index >= 15 is 0 Å². The van der Waals surface area contributed by atoms with Crippen LogP contribution in [0.15, 0.2) is 73.1 Å². The SMILES string of the molecule is O=C(Nc1ccc(-c2ccncc2)cc1)N1CCc2ccccc2C1. The van der Waals surface area contributed by atoms with Crippen molar-refractivity contribution in [2.24, 2.45) is 0 Å². The van der Waals surface area contributed by atoms with E-state index in [-0.39, 0.29) is 6.03 Å². The van der Waals surface area contributed by atoms with Gasteiger partial charge in [0.2, 0.25) is 0 Å². The highest BCUT2D eigenvalue weighted by Crippen LogP contribution is 2.22. The van der Waals surface area contributed by atoms with Crippen LogP contribution in [0.5, 0.6) is 0 Å². The van der Waals surface area contributed by atoms with Crippen LogP contribution in [-0.4, -0.2) is 22.5 Å². The third kappa shape index (κ3) is 3.38. The van der Waals surface area contributed by atoms with E-state index in [2.05, 4.69) is 28.5 Å². The van der Waals surface area contributed by atoms with E-state index in [9.17, 15) is 4.79 Å². The zero-order valence-corrected chi connectivity index (χ0v) is 13.9. The molecule has 1 aliphatic rings. The average Bonchev–Trinajstić information content (AvgIpc) is 2.69. The van der Waals surface area contributed by atoms with Gasteiger partial charge in [-0.1, -0.05) is 36.4 Å². The molecule has 3 aromatic rings. The maximum Gasteiger partial charge on any atom is 0.322 e. The van der Waals surface area contributed by atoms with Crippen LogP contribution in [0.4, 0.5) is 10.5 Å². The van der Waals surface area contributed by atoms with Crippen molar-refractivity contribution in [3.63, 3.8) is 0 Å². The molecule has 2 aromatic carbocycles. The number of fused-ring (bicyclic) bond motifs is 1. The second-order valence-electron chi connectivity index (χ2n) is 6.18. The lowest BCUT2D eigenvalue weighted by molar-refractivity contribution is 0.206. The number of benzene rings is 2. The third-order valence-corrected chi connectivity index (χ3v) is 4.57. The first-order valence-electron chi connectivity index (χ1n) is 8.43. The van der Waals surface area contributed by atoms with E-state index < -0.39 is 0 Å². The number of carbonyl (C=O) groups excluding carboxylic acids is 1. The van der Waals surface area contributed by atoms with Gasteiger partial charge in [-0.25, -0.2) is 4.79 Å². The van der Waals surface area contributed by atoms with Crippen LogP contribution in [0.2, 0.25) is 0 Å². The molecule has 1 N–H and O–H groups in total. The monoisotopic (exact) mass is 329 g/mol. The highest BCUT2D eigenvalue weighted by atomic mass is 16.2. The van der Waals surface area contributed by atoms with Gasteiger partial charge in [-0.2, -0.15) is 0 Å². The van der Waals surface area contributed by atoms with Crippen molar-refractivity contribution >= 4 is 11.7 Å². The molecule has 0 atom stereocenters. The molecule has 2 amide bonds. The van der Waals surface area contributed by atoms with Gasteiger partial charge < -0.3 is 10.2 Å². The number of aromatic nitrogens is 1. The van der Waals surface area contributed by atoms with Crippen molar-refractivity contribution in [3.05, 3.63) is 84.2 Å². The van der Waals surface area contributed by atoms with E-state index in [1.165, 1.54) is 11.1 Å². The topological polar surface area (TPSA) is 45.2 Å². The van der Waals surface area contributed by atoms with Gasteiger partial charge in [0.05, 0.1) is 0 Å². The second kappa shape index (κ2) is 6.77. The van der Waals surface area contributed by atoms with E-state index in [4.69, 9.17) is 0 Å². The Balaban J connectivity index is 1.43. The summed E-state index contributed by atoms with van der Waals surface area (Å²) in [5.74, 6) is 0. The molecule has 1 aromatic heterocycles. The summed E-state index contributed by atoms with van der Waals surface area (Å²) < 4.78 is 0. The number of pyridine rings is 1. The van der Waals surface area contributed by atoms with Crippen LogP contribution < -0.4 is 5.32 Å². The molecular formula is C21H19N3O. The average molecular weight is 329 g/mol. The molecule has 0 aliphatic carbocycles. The van der Waals surface area contributed by atoms with Gasteiger partial charge in [0.1, 0.15) is 0 Å². The number of hydrogen-bond donors (Lipinski definition) is 1. The van der Waals surface area contributed by atoms with E-state index in [1.807, 2.05) is 47.4 Å². The lowest BCUT2D eigenvalue weighted by Gasteiger charge is -2.29. The summed E-state index contributed by atoms with van der Waals surface area (Å²) in [7, 11) is 0. The quantitative estimate of drug-likeness (QED) is 0.760. The van der Waals surface area contributed by atoms with Gasteiger partial charge in [0.25, 0.3) is 0 Å². The Bertz CT molecular complexity index is 875. The molecule has 25 heavy (non-hydrogen) atoms. The summed E-state index contributed by atoms with van der Waals surface area (Å²) >= 11 is 0. The van der Waals surface area contributed by atoms with E-state index in [0.717, 1.165) is 29.8 Å². The summed E-state index contributed by atoms with van der Waals surface area (Å²) in [4.78, 5) is 18.4. The fraction of sp³-hybridized carbons (Fsp3) is 0.143. The van der Waals surface area contributed by atoms with Gasteiger partial charge in [-0.3, -0.25) is 4.98 Å². The molecule has 0 radical (unpaired) electrons. The number of nitrogens with zero attached hydrogens (tertiary/aromatic N) is 2. The second-order valence-corrected chi connectivity index (χ2v) is 6.18. The minimum absolute atomic E-state index is 0.0498. The van der Waals surface area contributed by atoms with E-state index in [1.54, 1.807) is 12.4 Å². The van der Waals surface area contributed by atoms with Crippen molar-refractivity contribution in [1.82, 2.24) is 9.88 Å². The fourth-order valence-corrected chi connectivity index (χ4v) is 3.16. The van der Waals surface area contributed by atoms with Crippen LogP contribution in [-0.2, 0) is 13.0 Å². The summed E-state index contributed by atoms with van der Waals surface area (Å²) in [6, 6.07) is 20.1. The van der Waals surface area contributed by atoms with Crippen molar-refractivity contribution in [2.75, 3.05) is 11.9 Å². The number of amides is 2. The first-order valence-corrected chi connectivity index (χ1v) is 8.43. The normalized spacial score (nSPS) is 13.2. The highest BCUT2D eigenvalue weighted by Gasteiger charge is 2.20. The van der Waals surface area contributed by atoms with Gasteiger partial charge in [-0.15, -0.1) is 0 Å². The predicted octanol–water partition coefficient (Wildman–Crippen LogP) is 4.34. The Hall–Kier alpha value is -3.14. The van der Waals surface area contributed by atoms with Crippen molar-refractivity contribution in [3.8, 4) is 11.1 Å². The molecule has 1 aliphatic heterocycles. The molecule has 4 heteroatoms. The zero-order chi connectivity index (χ0) is 17.1. The number of hydrogen-bond acceptors (Lipinski definition) is 2. The Kier molecular flexibility index (Phi) is 4.17. The predicted molar refractivity (Wildman–Crippen MR) is 99.2 cm³/mol. The largest absolute Gasteiger partial charge is 0.322 e. The number of nitrogens with one attached hydrogen (secondary N) is 1. The zero-order valence-electron chi connectivity index (χ0n) is 13.9. The van der Waals surface area contributed by atoms with Crippen LogP contribution in [0.3, 0.4) is 0 Å². The minimum atomic E-state index is -0.0498. The molecule has 0 bridgehead atoms. The summed E-state index contributed by atoms with van der Waals surface area (Å²) in [6.45, 7) is 1.41. The van der Waals surface area contributed by atoms with Crippen molar-refractivity contribution in [1.29, 1.82) is 0 Å². The van der Waals surface area contributed by atoms with E-state index in [0.29, 0.717) is 6.54 Å². The lowest BCUT2D eigenvalue weighted by atomic mass is 10.0. The number of carbonyl (C=O) groups is 1. The summed E-state index contributed by atoms with van der Waals surface area (Å²) in [5.41, 5.74) is 5.60. The Morgan fingerprint density at radius 2 is 1.56 bits per heavy atom. The number of anilines is 1. The first kappa shape index (κ1) is 15.4. The molecule has 0 fully saturated rings. The molecule has 0 saturated heterocycles. The number of rotatable bonds is 2. The van der Waals surface area contributed by atoms with Crippen LogP contribution in [0, 0.1) is 0 Å². The molecule has 124 valence electrons. The highest BCUT2D eigenvalue weighted by molar-refractivity contribution is 5.89. The number of urea groups is 1. The third-order valence-electron chi connectivity index (χ3n) is 4.57. The smallest absolute Gasteiger partial charge is 0.320 e. The standard InChI is InChI=1S/C21H19N3O/c25-21(24-14-11-16-3-1-2-4-19(16)15-24)23-20-7-5-17(6-8-20)18-9-12-22-13-10-18/h1-10,12-13H,11,14-15H2,(H,23,25). The first-order chi connectivity index (χ1) is 12.3. The minimum Gasteiger partial charge on any atom is -0.320 e. The fourth-order valence-electron chi connectivity index (χ4n) is 3.16. The summed E-state index contributed by atoms with van der Waals surface area (Å²) in [5, 5.41) is 3.00. The molecule has 2 heterocycles. The Morgan fingerprint density at radius 1 is 0.880 bits per heavy atom. The van der Waals surface area contributed by atoms with Crippen molar-refractivity contribution in [2.45, 2.75) is 13.0 Å². The van der Waals surface area contributed by atoms with Gasteiger partial charge >= 0.3 is 6.03 Å². The molecule has 4 rings (SSSR count). The molecule has 4 nitrogen and oxygen atoms in total. The molecule has 0 spiro atoms.